The van der Waals surface area contributed by atoms with E-state index in [0.29, 0.717) is 5.65 Å². The Labute approximate surface area is 386 Å². The van der Waals surface area contributed by atoms with Crippen molar-refractivity contribution in [2.24, 2.45) is 0 Å². The number of hydrogen-bond acceptors (Lipinski definition) is 7. The summed E-state index contributed by atoms with van der Waals surface area (Å²) in [6, 6.07) is 79.7. The Morgan fingerprint density at radius 1 is 0.284 bits per heavy atom. The Balaban J connectivity index is 0.0000000981. The van der Waals surface area contributed by atoms with Crippen LogP contribution in [-0.4, -0.2) is 39.9 Å². The third kappa shape index (κ3) is 9.94. The first-order valence-electron chi connectivity index (χ1n) is 22.0. The fourth-order valence-corrected chi connectivity index (χ4v) is 7.72. The first-order chi connectivity index (χ1) is 33.2. The van der Waals surface area contributed by atoms with E-state index in [1.807, 2.05) is 121 Å². The maximum Gasteiger partial charge on any atom is 0.181 e. The van der Waals surface area contributed by atoms with Gasteiger partial charge in [-0.3, -0.25) is 0 Å². The monoisotopic (exact) mass is 862 g/mol. The summed E-state index contributed by atoms with van der Waals surface area (Å²) >= 11 is 0. The molecule has 1 N–H and O–H groups in total. The van der Waals surface area contributed by atoms with Crippen molar-refractivity contribution in [3.63, 3.8) is 0 Å². The summed E-state index contributed by atoms with van der Waals surface area (Å²) < 4.78 is 0. The Bertz CT molecular complexity index is 3230. The molecule has 67 heavy (non-hydrogen) atoms. The molecule has 0 aliphatic rings. The molecule has 0 bridgehead atoms. The van der Waals surface area contributed by atoms with Crippen LogP contribution in [0.3, 0.4) is 0 Å². The molecule has 5 heterocycles. The fraction of sp³-hybridized carbons (Fsp3) is 0. The minimum atomic E-state index is 0.638. The van der Waals surface area contributed by atoms with E-state index in [9.17, 15) is 0 Å². The average Bonchev–Trinajstić information content (AvgIpc) is 3.79. The van der Waals surface area contributed by atoms with E-state index in [1.165, 1.54) is 50.0 Å². The third-order valence-corrected chi connectivity index (χ3v) is 11.0. The second-order valence-corrected chi connectivity index (χ2v) is 15.5. The predicted octanol–water partition coefficient (Wildman–Crippen LogP) is 14.4. The van der Waals surface area contributed by atoms with Crippen LogP contribution in [0.15, 0.2) is 249 Å². The molecule has 0 unspecified atom stereocenters. The molecule has 0 fully saturated rings. The van der Waals surface area contributed by atoms with Gasteiger partial charge in [0, 0.05) is 32.6 Å². The number of nitrogens with zero attached hydrogens (tertiary/aromatic N) is 7. The van der Waals surface area contributed by atoms with Crippen LogP contribution in [0.2, 0.25) is 0 Å². The zero-order valence-corrected chi connectivity index (χ0v) is 36.3. The highest BCUT2D eigenvalue weighted by Crippen LogP contribution is 2.24. The van der Waals surface area contributed by atoms with Crippen molar-refractivity contribution >= 4 is 87.9 Å². The van der Waals surface area contributed by atoms with Crippen molar-refractivity contribution < 1.29 is 0 Å². The highest BCUT2D eigenvalue weighted by Gasteiger charge is 2.03. The van der Waals surface area contributed by atoms with Gasteiger partial charge in [-0.2, -0.15) is 0 Å². The molecule has 0 aliphatic heterocycles. The van der Waals surface area contributed by atoms with Gasteiger partial charge >= 0.3 is 0 Å². The van der Waals surface area contributed by atoms with E-state index in [1.54, 1.807) is 6.20 Å². The van der Waals surface area contributed by atoms with Crippen molar-refractivity contribution in [3.05, 3.63) is 249 Å². The van der Waals surface area contributed by atoms with Gasteiger partial charge in [0.15, 0.2) is 5.65 Å². The largest absolute Gasteiger partial charge is 0.355 e. The first-order valence-corrected chi connectivity index (χ1v) is 22.0. The second-order valence-electron chi connectivity index (χ2n) is 15.5. The standard InChI is InChI=1S/C13H9N.C12H8N2.C12H9N.C12H10.C10H6N4/c1-3-7-12-10(5-1)9-11-6-2-4-8-13(11)14-12;1-2-6-10-9(5-1)13-11-7-3-4-8-12(11)14-10;1-3-7-11-9(5-1)10-6-2-4-8-12(10)13-11;1-3-7-11(8-4-1)12-9-5-2-6-10-12;1-2-4-8-7(3-1)13-9-5-11-6-12-10(9)14-8/h1-9H;1-8H;1-8,13H;1-10H;1-6H. The Morgan fingerprint density at radius 3 is 1.09 bits per heavy atom. The van der Waals surface area contributed by atoms with E-state index in [4.69, 9.17) is 0 Å². The van der Waals surface area contributed by atoms with Gasteiger partial charge in [0.1, 0.15) is 11.8 Å². The van der Waals surface area contributed by atoms with Gasteiger partial charge < -0.3 is 4.98 Å². The second kappa shape index (κ2) is 20.1. The predicted molar refractivity (Wildman–Crippen MR) is 277 cm³/mol. The highest BCUT2D eigenvalue weighted by molar-refractivity contribution is 6.07. The van der Waals surface area contributed by atoms with Gasteiger partial charge in [-0.1, -0.05) is 170 Å². The molecule has 14 aromatic rings. The van der Waals surface area contributed by atoms with Crippen LogP contribution in [0.1, 0.15) is 0 Å². The molecule has 5 aromatic heterocycles. The van der Waals surface area contributed by atoms with Gasteiger partial charge in [0.05, 0.1) is 50.3 Å². The van der Waals surface area contributed by atoms with Gasteiger partial charge in [0.25, 0.3) is 0 Å². The van der Waals surface area contributed by atoms with Crippen molar-refractivity contribution in [1.29, 1.82) is 0 Å². The van der Waals surface area contributed by atoms with Crippen LogP contribution >= 0.6 is 0 Å². The third-order valence-electron chi connectivity index (χ3n) is 11.0. The fourth-order valence-electron chi connectivity index (χ4n) is 7.72. The molecule has 0 saturated carbocycles. The number of para-hydroxylation sites is 10. The van der Waals surface area contributed by atoms with E-state index in [-0.39, 0.29) is 0 Å². The van der Waals surface area contributed by atoms with Gasteiger partial charge in [-0.05, 0) is 77.9 Å². The van der Waals surface area contributed by atoms with Gasteiger partial charge in [-0.15, -0.1) is 0 Å². The Hall–Kier alpha value is -9.27. The number of fused-ring (bicyclic) bond motifs is 9. The van der Waals surface area contributed by atoms with Crippen LogP contribution in [-0.2, 0) is 0 Å². The molecule has 14 rings (SSSR count). The maximum atomic E-state index is 4.58. The van der Waals surface area contributed by atoms with Crippen molar-refractivity contribution in [2.45, 2.75) is 0 Å². The number of H-pyrrole nitrogens is 1. The van der Waals surface area contributed by atoms with Crippen LogP contribution in [0, 0.1) is 0 Å². The summed E-state index contributed by atoms with van der Waals surface area (Å²) in [5.41, 5.74) is 14.0. The van der Waals surface area contributed by atoms with Crippen LogP contribution in [0.25, 0.3) is 99.0 Å². The topological polar surface area (TPSA) is 106 Å². The SMILES string of the molecule is c1ccc(-c2ccccc2)cc1.c1ccc2c(c1)[nH]c1ccccc12.c1ccc2nc3ccccc3cc2c1.c1ccc2nc3ccccc3nc2c1.c1ccc2nc3ncncc3nc2c1. The lowest BCUT2D eigenvalue weighted by molar-refractivity contribution is 1.17. The van der Waals surface area contributed by atoms with Crippen molar-refractivity contribution in [2.75, 3.05) is 0 Å². The number of hydrogen-bond donors (Lipinski definition) is 1. The Kier molecular flexibility index (Phi) is 12.5. The quantitative estimate of drug-likeness (QED) is 0.164. The number of pyridine rings is 1. The average molecular weight is 863 g/mol. The van der Waals surface area contributed by atoms with Crippen molar-refractivity contribution in [3.8, 4) is 11.1 Å². The molecule has 0 saturated heterocycles. The summed E-state index contributed by atoms with van der Waals surface area (Å²) in [5, 5.41) is 5.01. The molecule has 0 radical (unpaired) electrons. The smallest absolute Gasteiger partial charge is 0.181 e. The van der Waals surface area contributed by atoms with Crippen LogP contribution < -0.4 is 0 Å². The minimum Gasteiger partial charge on any atom is -0.355 e. The van der Waals surface area contributed by atoms with Crippen LogP contribution in [0.4, 0.5) is 0 Å². The van der Waals surface area contributed by atoms with E-state index in [0.717, 1.165) is 49.7 Å². The summed E-state index contributed by atoms with van der Waals surface area (Å²) in [7, 11) is 0. The van der Waals surface area contributed by atoms with Gasteiger partial charge in [-0.25, -0.2) is 34.9 Å². The molecular formula is C59H42N8. The zero-order valence-electron chi connectivity index (χ0n) is 36.3. The summed E-state index contributed by atoms with van der Waals surface area (Å²) in [6.45, 7) is 0. The van der Waals surface area contributed by atoms with Crippen molar-refractivity contribution in [1.82, 2.24) is 39.9 Å². The lowest BCUT2D eigenvalue weighted by atomic mass is 10.1. The molecule has 0 atom stereocenters. The number of benzene rings is 9. The summed E-state index contributed by atoms with van der Waals surface area (Å²) in [5.74, 6) is 0. The summed E-state index contributed by atoms with van der Waals surface area (Å²) in [4.78, 5) is 33.7. The van der Waals surface area contributed by atoms with Crippen LogP contribution in [0.5, 0.6) is 0 Å². The number of nitrogens with one attached hydrogen (secondary N) is 1. The van der Waals surface area contributed by atoms with E-state index < -0.39 is 0 Å². The number of aromatic nitrogens is 8. The molecule has 8 nitrogen and oxygen atoms in total. The lowest BCUT2D eigenvalue weighted by Crippen LogP contribution is -1.90. The molecule has 0 amide bonds. The molecule has 318 valence electrons. The lowest BCUT2D eigenvalue weighted by Gasteiger charge is -1.99. The van der Waals surface area contributed by atoms with E-state index >= 15 is 0 Å². The molecule has 0 spiro atoms. The normalized spacial score (nSPS) is 10.7. The molecule has 8 heteroatoms. The Morgan fingerprint density at radius 2 is 0.627 bits per heavy atom. The first kappa shape index (κ1) is 41.7. The molecule has 9 aromatic carbocycles. The maximum absolute atomic E-state index is 4.58. The molecular weight excluding hydrogens is 821 g/mol. The number of rotatable bonds is 1. The van der Waals surface area contributed by atoms with E-state index in [2.05, 4.69) is 155 Å². The highest BCUT2D eigenvalue weighted by atomic mass is 14.9. The molecule has 0 aliphatic carbocycles. The zero-order chi connectivity index (χ0) is 45.0. The van der Waals surface area contributed by atoms with Gasteiger partial charge in [0.2, 0.25) is 0 Å². The summed E-state index contributed by atoms with van der Waals surface area (Å²) in [6.07, 6.45) is 3.15. The number of aromatic amines is 1. The minimum absolute atomic E-state index is 0.638.